The Bertz CT molecular complexity index is 530. The van der Waals surface area contributed by atoms with Crippen molar-refractivity contribution in [2.24, 2.45) is 0 Å². The molecule has 1 aliphatic heterocycles. The van der Waals surface area contributed by atoms with Crippen molar-refractivity contribution in [3.05, 3.63) is 23.8 Å². The van der Waals surface area contributed by atoms with Crippen LogP contribution in [-0.4, -0.2) is 45.2 Å². The maximum Gasteiger partial charge on any atom is 0.265 e. The first-order chi connectivity index (χ1) is 10.1. The molecule has 1 N–H and O–H groups in total. The highest BCUT2D eigenvalue weighted by molar-refractivity contribution is 5.98. The predicted octanol–water partition coefficient (Wildman–Crippen LogP) is 0.873. The minimum absolute atomic E-state index is 0.0156. The topological polar surface area (TPSA) is 67.9 Å². The molecule has 0 spiro atoms. The summed E-state index contributed by atoms with van der Waals surface area (Å²) in [7, 11) is 1.58. The van der Waals surface area contributed by atoms with Gasteiger partial charge in [0.2, 0.25) is 5.91 Å². The van der Waals surface area contributed by atoms with Crippen LogP contribution >= 0.6 is 0 Å². The fraction of sp³-hybridized carbons (Fsp3) is 0.467. The molecule has 1 aliphatic rings. The van der Waals surface area contributed by atoms with Crippen LogP contribution in [-0.2, 0) is 14.3 Å². The Morgan fingerprint density at radius 3 is 3.05 bits per heavy atom. The maximum absolute atomic E-state index is 12.0. The van der Waals surface area contributed by atoms with Gasteiger partial charge < -0.3 is 19.7 Å². The number of nitrogens with one attached hydrogen (secondary N) is 1. The lowest BCUT2D eigenvalue weighted by Crippen LogP contribution is -2.41. The summed E-state index contributed by atoms with van der Waals surface area (Å²) in [5.74, 6) is 0.463. The molecule has 0 fully saturated rings. The lowest BCUT2D eigenvalue weighted by atomic mass is 10.1. The Hall–Kier alpha value is -2.08. The summed E-state index contributed by atoms with van der Waals surface area (Å²) in [6.45, 7) is 3.28. The number of benzene rings is 1. The number of amides is 2. The molecule has 2 rings (SSSR count). The molecule has 0 unspecified atom stereocenters. The number of rotatable bonds is 6. The van der Waals surface area contributed by atoms with Gasteiger partial charge in [-0.2, -0.15) is 0 Å². The lowest BCUT2D eigenvalue weighted by Gasteiger charge is -2.29. The van der Waals surface area contributed by atoms with Crippen LogP contribution in [0.2, 0.25) is 0 Å². The minimum atomic E-state index is -0.129. The molecule has 21 heavy (non-hydrogen) atoms. The van der Waals surface area contributed by atoms with Crippen LogP contribution in [0, 0.1) is 6.92 Å². The molecule has 2 amide bonds. The lowest BCUT2D eigenvalue weighted by molar-refractivity contribution is -0.122. The van der Waals surface area contributed by atoms with Gasteiger partial charge in [-0.3, -0.25) is 9.59 Å². The molecule has 0 aromatic heterocycles. The molecule has 0 saturated heterocycles. The molecule has 0 atom stereocenters. The number of anilines is 1. The van der Waals surface area contributed by atoms with Crippen molar-refractivity contribution < 1.29 is 19.1 Å². The van der Waals surface area contributed by atoms with Crippen molar-refractivity contribution in [2.75, 3.05) is 38.3 Å². The predicted molar refractivity (Wildman–Crippen MR) is 78.5 cm³/mol. The van der Waals surface area contributed by atoms with Gasteiger partial charge in [-0.25, -0.2) is 0 Å². The summed E-state index contributed by atoms with van der Waals surface area (Å²) in [5, 5.41) is 2.74. The van der Waals surface area contributed by atoms with Gasteiger partial charge in [0.15, 0.2) is 6.61 Å². The highest BCUT2D eigenvalue weighted by Gasteiger charge is 2.25. The monoisotopic (exact) mass is 292 g/mol. The smallest absolute Gasteiger partial charge is 0.265 e. The van der Waals surface area contributed by atoms with Crippen molar-refractivity contribution in [3.8, 4) is 5.75 Å². The molecule has 1 heterocycles. The van der Waals surface area contributed by atoms with E-state index in [-0.39, 0.29) is 24.8 Å². The number of hydrogen-bond donors (Lipinski definition) is 1. The van der Waals surface area contributed by atoms with E-state index < -0.39 is 0 Å². The van der Waals surface area contributed by atoms with E-state index in [1.807, 2.05) is 25.1 Å². The fourth-order valence-electron chi connectivity index (χ4n) is 2.15. The molecule has 0 aliphatic carbocycles. The highest BCUT2D eigenvalue weighted by atomic mass is 16.5. The Balaban J connectivity index is 1.97. The number of carbonyl (C=O) groups is 2. The molecule has 0 bridgehead atoms. The van der Waals surface area contributed by atoms with Gasteiger partial charge in [0.05, 0.1) is 12.3 Å². The number of ether oxygens (including phenoxy) is 2. The third-order valence-corrected chi connectivity index (χ3v) is 3.25. The SMILES string of the molecule is COCCNC(=O)CCN1C(=O)COc2cc(C)ccc21. The first-order valence-corrected chi connectivity index (χ1v) is 6.91. The van der Waals surface area contributed by atoms with Gasteiger partial charge in [-0.1, -0.05) is 6.07 Å². The molecular weight excluding hydrogens is 272 g/mol. The van der Waals surface area contributed by atoms with E-state index in [1.165, 1.54) is 0 Å². The Kier molecular flexibility index (Phi) is 5.16. The third kappa shape index (κ3) is 3.95. The standard InChI is InChI=1S/C15H20N2O4/c1-11-3-4-12-13(9-11)21-10-15(19)17(12)7-5-14(18)16-6-8-20-2/h3-4,9H,5-8,10H2,1-2H3,(H,16,18). The van der Waals surface area contributed by atoms with Gasteiger partial charge in [0.1, 0.15) is 5.75 Å². The molecule has 0 radical (unpaired) electrons. The molecule has 114 valence electrons. The summed E-state index contributed by atoms with van der Waals surface area (Å²) in [5.41, 5.74) is 1.79. The van der Waals surface area contributed by atoms with Crippen molar-refractivity contribution >= 4 is 17.5 Å². The highest BCUT2D eigenvalue weighted by Crippen LogP contribution is 2.32. The zero-order valence-corrected chi connectivity index (χ0v) is 12.3. The summed E-state index contributed by atoms with van der Waals surface area (Å²) < 4.78 is 10.3. The van der Waals surface area contributed by atoms with Gasteiger partial charge in [-0.15, -0.1) is 0 Å². The average molecular weight is 292 g/mol. The van der Waals surface area contributed by atoms with Crippen LogP contribution < -0.4 is 15.0 Å². The number of carbonyl (C=O) groups excluding carboxylic acids is 2. The van der Waals surface area contributed by atoms with Crippen LogP contribution in [0.5, 0.6) is 5.75 Å². The zero-order chi connectivity index (χ0) is 15.2. The summed E-state index contributed by atoms with van der Waals surface area (Å²) in [4.78, 5) is 25.3. The van der Waals surface area contributed by atoms with Crippen LogP contribution in [0.3, 0.4) is 0 Å². The van der Waals surface area contributed by atoms with Crippen LogP contribution in [0.4, 0.5) is 5.69 Å². The summed E-state index contributed by atoms with van der Waals surface area (Å²) in [6, 6.07) is 5.67. The van der Waals surface area contributed by atoms with Crippen molar-refractivity contribution in [1.29, 1.82) is 0 Å². The normalized spacial score (nSPS) is 13.6. The number of nitrogens with zero attached hydrogens (tertiary/aromatic N) is 1. The van der Waals surface area contributed by atoms with Gasteiger partial charge in [0, 0.05) is 26.6 Å². The van der Waals surface area contributed by atoms with Gasteiger partial charge >= 0.3 is 0 Å². The Morgan fingerprint density at radius 2 is 2.29 bits per heavy atom. The first-order valence-electron chi connectivity index (χ1n) is 6.91. The van der Waals surface area contributed by atoms with E-state index >= 15 is 0 Å². The van der Waals surface area contributed by atoms with Crippen LogP contribution in [0.1, 0.15) is 12.0 Å². The second-order valence-electron chi connectivity index (χ2n) is 4.90. The molecule has 6 heteroatoms. The van der Waals surface area contributed by atoms with Crippen molar-refractivity contribution in [2.45, 2.75) is 13.3 Å². The maximum atomic E-state index is 12.0. The zero-order valence-electron chi connectivity index (χ0n) is 12.3. The fourth-order valence-corrected chi connectivity index (χ4v) is 2.15. The number of methoxy groups -OCH3 is 1. The third-order valence-electron chi connectivity index (χ3n) is 3.25. The second kappa shape index (κ2) is 7.08. The van der Waals surface area contributed by atoms with E-state index in [4.69, 9.17) is 9.47 Å². The van der Waals surface area contributed by atoms with Crippen molar-refractivity contribution in [3.63, 3.8) is 0 Å². The van der Waals surface area contributed by atoms with E-state index in [1.54, 1.807) is 12.0 Å². The largest absolute Gasteiger partial charge is 0.482 e. The van der Waals surface area contributed by atoms with E-state index in [0.717, 1.165) is 11.3 Å². The van der Waals surface area contributed by atoms with Crippen LogP contribution in [0.25, 0.3) is 0 Å². The summed E-state index contributed by atoms with van der Waals surface area (Å²) in [6.07, 6.45) is 0.253. The second-order valence-corrected chi connectivity index (χ2v) is 4.90. The summed E-state index contributed by atoms with van der Waals surface area (Å²) >= 11 is 0. The quantitative estimate of drug-likeness (QED) is 0.790. The van der Waals surface area contributed by atoms with E-state index in [9.17, 15) is 9.59 Å². The average Bonchev–Trinajstić information content (AvgIpc) is 2.46. The number of aryl methyl sites for hydroxylation is 1. The van der Waals surface area contributed by atoms with Gasteiger partial charge in [-0.05, 0) is 24.6 Å². The Morgan fingerprint density at radius 1 is 1.48 bits per heavy atom. The van der Waals surface area contributed by atoms with Crippen LogP contribution in [0.15, 0.2) is 18.2 Å². The number of fused-ring (bicyclic) bond motifs is 1. The van der Waals surface area contributed by atoms with Crippen molar-refractivity contribution in [1.82, 2.24) is 5.32 Å². The molecule has 6 nitrogen and oxygen atoms in total. The molecule has 0 saturated carbocycles. The van der Waals surface area contributed by atoms with Gasteiger partial charge in [0.25, 0.3) is 5.91 Å². The Labute approximate surface area is 124 Å². The first kappa shape index (κ1) is 15.3. The van der Waals surface area contributed by atoms with E-state index in [0.29, 0.717) is 25.4 Å². The van der Waals surface area contributed by atoms with E-state index in [2.05, 4.69) is 5.32 Å². The molecular formula is C15H20N2O4. The number of hydrogen-bond acceptors (Lipinski definition) is 4. The molecule has 1 aromatic carbocycles. The molecule has 1 aromatic rings. The minimum Gasteiger partial charge on any atom is -0.482 e.